The number of nitrogens with one attached hydrogen (secondary N) is 1. The SMILES string of the molecule is O=C([O-])c1ccc(F)c(S(=O)(=O)NCCc2ccc(O)cc2O)c1. The summed E-state index contributed by atoms with van der Waals surface area (Å²) < 4.78 is 40.0. The summed E-state index contributed by atoms with van der Waals surface area (Å²) in [5, 5.41) is 29.5. The van der Waals surface area contributed by atoms with Crippen LogP contribution in [0.2, 0.25) is 0 Å². The molecule has 0 aromatic heterocycles. The lowest BCUT2D eigenvalue weighted by Gasteiger charge is -2.10. The molecule has 0 amide bonds. The van der Waals surface area contributed by atoms with Gasteiger partial charge in [0.2, 0.25) is 10.0 Å². The van der Waals surface area contributed by atoms with Gasteiger partial charge in [0, 0.05) is 12.6 Å². The lowest BCUT2D eigenvalue weighted by atomic mass is 10.1. The Labute approximate surface area is 137 Å². The average Bonchev–Trinajstić information content (AvgIpc) is 2.49. The molecule has 2 aromatic rings. The third-order valence-corrected chi connectivity index (χ3v) is 4.69. The molecule has 2 rings (SSSR count). The van der Waals surface area contributed by atoms with Crippen LogP contribution in [0.1, 0.15) is 15.9 Å². The number of sulfonamides is 1. The molecule has 0 bridgehead atoms. The van der Waals surface area contributed by atoms with E-state index in [4.69, 9.17) is 0 Å². The highest BCUT2D eigenvalue weighted by atomic mass is 32.2. The molecule has 0 radical (unpaired) electrons. The molecule has 3 N–H and O–H groups in total. The molecule has 0 aliphatic heterocycles. The summed E-state index contributed by atoms with van der Waals surface area (Å²) >= 11 is 0. The topological polar surface area (TPSA) is 127 Å². The maximum atomic E-state index is 13.7. The maximum Gasteiger partial charge on any atom is 0.243 e. The zero-order valence-corrected chi connectivity index (χ0v) is 13.0. The quantitative estimate of drug-likeness (QED) is 0.676. The molecule has 0 aliphatic rings. The molecular formula is C15H13FNO6S-. The fourth-order valence-electron chi connectivity index (χ4n) is 2.00. The van der Waals surface area contributed by atoms with E-state index in [0.29, 0.717) is 11.6 Å². The van der Waals surface area contributed by atoms with Crippen molar-refractivity contribution in [1.29, 1.82) is 0 Å². The van der Waals surface area contributed by atoms with E-state index >= 15 is 0 Å². The zero-order chi connectivity index (χ0) is 17.9. The molecule has 2 aromatic carbocycles. The number of carbonyl (C=O) groups excluding carboxylic acids is 1. The number of halogens is 1. The Bertz CT molecular complexity index is 882. The zero-order valence-electron chi connectivity index (χ0n) is 12.2. The summed E-state index contributed by atoms with van der Waals surface area (Å²) in [6.07, 6.45) is 0.0765. The summed E-state index contributed by atoms with van der Waals surface area (Å²) in [6.45, 7) is -0.171. The van der Waals surface area contributed by atoms with Gasteiger partial charge < -0.3 is 20.1 Å². The first-order valence-electron chi connectivity index (χ1n) is 6.72. The van der Waals surface area contributed by atoms with Crippen LogP contribution in [0.4, 0.5) is 4.39 Å². The Morgan fingerprint density at radius 3 is 2.50 bits per heavy atom. The van der Waals surface area contributed by atoms with Crippen LogP contribution in [-0.4, -0.2) is 31.1 Å². The molecular weight excluding hydrogens is 341 g/mol. The lowest BCUT2D eigenvalue weighted by molar-refractivity contribution is -0.255. The van der Waals surface area contributed by atoms with E-state index in [1.54, 1.807) is 0 Å². The van der Waals surface area contributed by atoms with Gasteiger partial charge in [0.25, 0.3) is 0 Å². The van der Waals surface area contributed by atoms with Crippen molar-refractivity contribution in [3.8, 4) is 11.5 Å². The van der Waals surface area contributed by atoms with Crippen molar-refractivity contribution in [1.82, 2.24) is 4.72 Å². The standard InChI is InChI=1S/C15H14FNO6S/c16-12-4-2-10(15(20)21)7-14(12)24(22,23)17-6-5-9-1-3-11(18)8-13(9)19/h1-4,7-8,17-19H,5-6H2,(H,20,21)/p-1. The Balaban J connectivity index is 2.14. The number of aromatic carboxylic acids is 1. The molecule has 0 aliphatic carbocycles. The van der Waals surface area contributed by atoms with E-state index in [2.05, 4.69) is 4.72 Å². The smallest absolute Gasteiger partial charge is 0.243 e. The van der Waals surface area contributed by atoms with Gasteiger partial charge in [-0.1, -0.05) is 12.1 Å². The fraction of sp³-hybridized carbons (Fsp3) is 0.133. The monoisotopic (exact) mass is 354 g/mol. The van der Waals surface area contributed by atoms with Crippen LogP contribution < -0.4 is 9.83 Å². The number of hydrogen-bond acceptors (Lipinski definition) is 6. The summed E-state index contributed by atoms with van der Waals surface area (Å²) in [5.74, 6) is -3.07. The Morgan fingerprint density at radius 1 is 1.17 bits per heavy atom. The summed E-state index contributed by atoms with van der Waals surface area (Å²) in [5.41, 5.74) is -0.0904. The number of carbonyl (C=O) groups is 1. The predicted molar refractivity (Wildman–Crippen MR) is 79.4 cm³/mol. The predicted octanol–water partition coefficient (Wildman–Crippen LogP) is 0.121. The first kappa shape index (κ1) is 17.7. The van der Waals surface area contributed by atoms with Crippen molar-refractivity contribution in [2.75, 3.05) is 6.54 Å². The van der Waals surface area contributed by atoms with Crippen molar-refractivity contribution in [3.63, 3.8) is 0 Å². The van der Waals surface area contributed by atoms with Crippen molar-refractivity contribution in [2.24, 2.45) is 0 Å². The van der Waals surface area contributed by atoms with Crippen LogP contribution in [0.3, 0.4) is 0 Å². The van der Waals surface area contributed by atoms with E-state index < -0.39 is 32.3 Å². The second kappa shape index (κ2) is 6.85. The third-order valence-electron chi connectivity index (χ3n) is 3.21. The van der Waals surface area contributed by atoms with Gasteiger partial charge in [0.15, 0.2) is 0 Å². The first-order valence-corrected chi connectivity index (χ1v) is 8.20. The number of phenolic OH excluding ortho intramolecular Hbond substituents is 2. The minimum absolute atomic E-state index is 0.0765. The molecule has 0 fully saturated rings. The number of carboxylic acid groups (broad SMARTS) is 1. The van der Waals surface area contributed by atoms with Crippen LogP contribution in [-0.2, 0) is 16.4 Å². The minimum atomic E-state index is -4.29. The van der Waals surface area contributed by atoms with Crippen molar-refractivity contribution in [2.45, 2.75) is 11.3 Å². The van der Waals surface area contributed by atoms with Crippen molar-refractivity contribution < 1.29 is 32.9 Å². The third kappa shape index (κ3) is 4.00. The molecule has 0 unspecified atom stereocenters. The van der Waals surface area contributed by atoms with Crippen molar-refractivity contribution >= 4 is 16.0 Å². The highest BCUT2D eigenvalue weighted by Gasteiger charge is 2.19. The number of aromatic hydroxyl groups is 2. The maximum absolute atomic E-state index is 13.7. The molecule has 7 nitrogen and oxygen atoms in total. The van der Waals surface area contributed by atoms with E-state index in [1.807, 2.05) is 0 Å². The molecule has 0 spiro atoms. The summed E-state index contributed by atoms with van der Waals surface area (Å²) in [4.78, 5) is 9.95. The Kier molecular flexibility index (Phi) is 5.05. The van der Waals surface area contributed by atoms with Crippen LogP contribution in [0.25, 0.3) is 0 Å². The van der Waals surface area contributed by atoms with Crippen LogP contribution in [0, 0.1) is 5.82 Å². The second-order valence-corrected chi connectivity index (χ2v) is 6.63. The summed E-state index contributed by atoms with van der Waals surface area (Å²) in [6, 6.07) is 6.14. The van der Waals surface area contributed by atoms with Gasteiger partial charge in [0.05, 0.1) is 5.97 Å². The number of rotatable bonds is 6. The highest BCUT2D eigenvalue weighted by Crippen LogP contribution is 2.23. The normalized spacial score (nSPS) is 11.4. The highest BCUT2D eigenvalue weighted by molar-refractivity contribution is 7.89. The fourth-order valence-corrected chi connectivity index (χ4v) is 3.13. The molecule has 0 saturated heterocycles. The first-order chi connectivity index (χ1) is 11.2. The van der Waals surface area contributed by atoms with Gasteiger partial charge in [-0.05, 0) is 35.7 Å². The average molecular weight is 354 g/mol. The van der Waals surface area contributed by atoms with Gasteiger partial charge in [-0.2, -0.15) is 0 Å². The molecule has 24 heavy (non-hydrogen) atoms. The van der Waals surface area contributed by atoms with Crippen LogP contribution >= 0.6 is 0 Å². The molecule has 0 heterocycles. The van der Waals surface area contributed by atoms with Gasteiger partial charge in [-0.15, -0.1) is 0 Å². The van der Waals surface area contributed by atoms with Crippen LogP contribution in [0.15, 0.2) is 41.3 Å². The minimum Gasteiger partial charge on any atom is -0.545 e. The number of hydrogen-bond donors (Lipinski definition) is 3. The van der Waals surface area contributed by atoms with E-state index in [0.717, 1.165) is 18.2 Å². The molecule has 9 heteroatoms. The lowest BCUT2D eigenvalue weighted by Crippen LogP contribution is -2.28. The van der Waals surface area contributed by atoms with E-state index in [1.165, 1.54) is 12.1 Å². The van der Waals surface area contributed by atoms with E-state index in [-0.39, 0.29) is 24.5 Å². The molecule has 128 valence electrons. The Morgan fingerprint density at radius 2 is 1.88 bits per heavy atom. The van der Waals surface area contributed by atoms with E-state index in [9.17, 15) is 32.9 Å². The summed E-state index contributed by atoms with van der Waals surface area (Å²) in [7, 11) is -4.29. The number of phenols is 2. The van der Waals surface area contributed by atoms with Gasteiger partial charge in [-0.25, -0.2) is 17.5 Å². The number of carboxylic acids is 1. The van der Waals surface area contributed by atoms with Crippen molar-refractivity contribution in [3.05, 3.63) is 53.3 Å². The van der Waals surface area contributed by atoms with Crippen LogP contribution in [0.5, 0.6) is 11.5 Å². The molecule has 0 atom stereocenters. The van der Waals surface area contributed by atoms with Gasteiger partial charge >= 0.3 is 0 Å². The van der Waals surface area contributed by atoms with Gasteiger partial charge in [0.1, 0.15) is 22.2 Å². The number of benzene rings is 2. The van der Waals surface area contributed by atoms with Gasteiger partial charge in [-0.3, -0.25) is 0 Å². The second-order valence-electron chi connectivity index (χ2n) is 4.89. The Hall–Kier alpha value is -2.65. The molecule has 0 saturated carbocycles. The largest absolute Gasteiger partial charge is 0.545 e.